The second kappa shape index (κ2) is 6.93. The molecule has 1 heterocycles. The minimum atomic E-state index is 0.00795. The van der Waals surface area contributed by atoms with Crippen LogP contribution < -0.4 is 0 Å². The second-order valence-corrected chi connectivity index (χ2v) is 7.16. The summed E-state index contributed by atoms with van der Waals surface area (Å²) in [4.78, 5) is 12.3. The van der Waals surface area contributed by atoms with Crippen LogP contribution in [0, 0.1) is 0 Å². The Labute approximate surface area is 160 Å². The van der Waals surface area contributed by atoms with Crippen LogP contribution >= 0.6 is 15.9 Å². The van der Waals surface area contributed by atoms with E-state index in [0.717, 1.165) is 16.6 Å². The summed E-state index contributed by atoms with van der Waals surface area (Å²) in [5.41, 5.74) is 4.19. The normalized spacial score (nSPS) is 11.6. The number of fused-ring (bicyclic) bond motifs is 3. The fourth-order valence-electron chi connectivity index (χ4n) is 3.40. The molecule has 0 bridgehead atoms. The lowest BCUT2D eigenvalue weighted by Crippen LogP contribution is -1.93. The largest absolute Gasteiger partial charge is 0.341 e. The number of hydrogen-bond donors (Lipinski definition) is 0. The van der Waals surface area contributed by atoms with E-state index in [9.17, 15) is 4.79 Å². The van der Waals surface area contributed by atoms with E-state index < -0.39 is 0 Å². The zero-order chi connectivity index (χ0) is 18.1. The smallest absolute Gasteiger partial charge is 0.185 e. The predicted octanol–water partition coefficient (Wildman–Crippen LogP) is 6.47. The molecule has 0 aliphatic carbocycles. The molecule has 0 N–H and O–H groups in total. The summed E-state index contributed by atoms with van der Waals surface area (Å²) in [5.74, 6) is 0.00795. The lowest BCUT2D eigenvalue weighted by Gasteiger charge is -2.02. The molecule has 0 saturated carbocycles. The Morgan fingerprint density at radius 1 is 0.962 bits per heavy atom. The average molecular weight is 404 g/mol. The van der Waals surface area contributed by atoms with Gasteiger partial charge in [0.1, 0.15) is 0 Å². The number of halogens is 1. The molecule has 0 aliphatic rings. The molecule has 0 unspecified atom stereocenters. The van der Waals surface area contributed by atoms with Crippen LogP contribution in [0.1, 0.15) is 22.8 Å². The molecule has 2 nitrogen and oxygen atoms in total. The molecule has 0 radical (unpaired) electrons. The Morgan fingerprint density at radius 2 is 1.69 bits per heavy atom. The van der Waals surface area contributed by atoms with E-state index in [4.69, 9.17) is 0 Å². The highest BCUT2D eigenvalue weighted by Gasteiger charge is 2.09. The maximum Gasteiger partial charge on any atom is 0.185 e. The standard InChI is InChI=1S/C23H18BrNO/c1-2-25-21-6-4-3-5-19(21)20-15-16(7-13-22(20)25)8-14-23(26)17-9-11-18(24)12-10-17/h3-15H,2H2,1H3. The third kappa shape index (κ3) is 2.99. The van der Waals surface area contributed by atoms with Crippen molar-refractivity contribution >= 4 is 49.6 Å². The summed E-state index contributed by atoms with van der Waals surface area (Å²) >= 11 is 3.39. The van der Waals surface area contributed by atoms with Crippen molar-refractivity contribution in [1.82, 2.24) is 4.57 Å². The number of aromatic nitrogens is 1. The first kappa shape index (κ1) is 16.8. The zero-order valence-electron chi connectivity index (χ0n) is 14.4. The molecule has 4 rings (SSSR count). The molecule has 0 atom stereocenters. The van der Waals surface area contributed by atoms with Crippen molar-refractivity contribution in [3.05, 3.63) is 88.4 Å². The van der Waals surface area contributed by atoms with Gasteiger partial charge < -0.3 is 4.57 Å². The zero-order valence-corrected chi connectivity index (χ0v) is 16.0. The fraction of sp³-hybridized carbons (Fsp3) is 0.0870. The van der Waals surface area contributed by atoms with Crippen LogP contribution in [-0.2, 0) is 6.54 Å². The van der Waals surface area contributed by atoms with Crippen molar-refractivity contribution in [3.63, 3.8) is 0 Å². The molecule has 128 valence electrons. The van der Waals surface area contributed by atoms with Gasteiger partial charge >= 0.3 is 0 Å². The Balaban J connectivity index is 1.72. The van der Waals surface area contributed by atoms with E-state index in [-0.39, 0.29) is 5.78 Å². The van der Waals surface area contributed by atoms with Gasteiger partial charge in [0.15, 0.2) is 5.78 Å². The lowest BCUT2D eigenvalue weighted by atomic mass is 10.1. The van der Waals surface area contributed by atoms with E-state index in [1.807, 2.05) is 30.3 Å². The SMILES string of the molecule is CCn1c2ccccc2c2cc(C=CC(=O)c3ccc(Br)cc3)ccc21. The van der Waals surface area contributed by atoms with Crippen LogP contribution in [-0.4, -0.2) is 10.4 Å². The van der Waals surface area contributed by atoms with Crippen molar-refractivity contribution < 1.29 is 4.79 Å². The fourth-order valence-corrected chi connectivity index (χ4v) is 3.66. The number of aryl methyl sites for hydroxylation is 1. The number of carbonyl (C=O) groups is 1. The minimum Gasteiger partial charge on any atom is -0.341 e. The summed E-state index contributed by atoms with van der Waals surface area (Å²) in [6.45, 7) is 3.10. The van der Waals surface area contributed by atoms with Gasteiger partial charge in [-0.3, -0.25) is 4.79 Å². The lowest BCUT2D eigenvalue weighted by molar-refractivity contribution is 0.104. The molecule has 4 aromatic rings. The summed E-state index contributed by atoms with van der Waals surface area (Å²) in [7, 11) is 0. The van der Waals surface area contributed by atoms with Crippen molar-refractivity contribution in [2.45, 2.75) is 13.5 Å². The third-order valence-corrected chi connectivity index (χ3v) is 5.20. The molecule has 3 aromatic carbocycles. The molecule has 0 fully saturated rings. The minimum absolute atomic E-state index is 0.00795. The number of hydrogen-bond acceptors (Lipinski definition) is 1. The molecule has 3 heteroatoms. The van der Waals surface area contributed by atoms with E-state index in [2.05, 4.69) is 69.9 Å². The van der Waals surface area contributed by atoms with Crippen molar-refractivity contribution in [2.75, 3.05) is 0 Å². The highest BCUT2D eigenvalue weighted by atomic mass is 79.9. The molecular weight excluding hydrogens is 386 g/mol. The van der Waals surface area contributed by atoms with Crippen LogP contribution in [0.5, 0.6) is 0 Å². The quantitative estimate of drug-likeness (QED) is 0.282. The van der Waals surface area contributed by atoms with E-state index in [1.165, 1.54) is 21.8 Å². The van der Waals surface area contributed by atoms with Crippen molar-refractivity contribution in [1.29, 1.82) is 0 Å². The monoisotopic (exact) mass is 403 g/mol. The van der Waals surface area contributed by atoms with Gasteiger partial charge in [-0.2, -0.15) is 0 Å². The number of carbonyl (C=O) groups excluding carboxylic acids is 1. The van der Waals surface area contributed by atoms with E-state index in [0.29, 0.717) is 5.56 Å². The molecular formula is C23H18BrNO. The number of allylic oxidation sites excluding steroid dienone is 1. The molecule has 26 heavy (non-hydrogen) atoms. The summed E-state index contributed by atoms with van der Waals surface area (Å²) < 4.78 is 3.29. The highest BCUT2D eigenvalue weighted by Crippen LogP contribution is 2.30. The van der Waals surface area contributed by atoms with Crippen LogP contribution in [0.2, 0.25) is 0 Å². The average Bonchev–Trinajstić information content (AvgIpc) is 2.99. The van der Waals surface area contributed by atoms with Gasteiger partial charge in [0, 0.05) is 38.4 Å². The van der Waals surface area contributed by atoms with Crippen LogP contribution in [0.15, 0.2) is 77.3 Å². The summed E-state index contributed by atoms with van der Waals surface area (Å²) in [6.07, 6.45) is 3.53. The van der Waals surface area contributed by atoms with Gasteiger partial charge in [-0.15, -0.1) is 0 Å². The summed E-state index contributed by atoms with van der Waals surface area (Å²) in [6, 6.07) is 22.3. The van der Waals surface area contributed by atoms with E-state index >= 15 is 0 Å². The topological polar surface area (TPSA) is 22.0 Å². The molecule has 1 aromatic heterocycles. The number of ketones is 1. The number of rotatable bonds is 4. The van der Waals surface area contributed by atoms with Crippen molar-refractivity contribution in [2.24, 2.45) is 0 Å². The third-order valence-electron chi connectivity index (χ3n) is 4.67. The van der Waals surface area contributed by atoms with Gasteiger partial charge in [0.25, 0.3) is 0 Å². The Bertz CT molecular complexity index is 1140. The maximum absolute atomic E-state index is 12.3. The molecule has 0 aliphatic heterocycles. The Kier molecular flexibility index (Phi) is 4.48. The van der Waals surface area contributed by atoms with Gasteiger partial charge in [0.2, 0.25) is 0 Å². The van der Waals surface area contributed by atoms with Crippen LogP contribution in [0.3, 0.4) is 0 Å². The van der Waals surface area contributed by atoms with Crippen LogP contribution in [0.25, 0.3) is 27.9 Å². The Hall–Kier alpha value is -2.65. The summed E-state index contributed by atoms with van der Waals surface area (Å²) in [5, 5.41) is 2.47. The van der Waals surface area contributed by atoms with Gasteiger partial charge in [0.05, 0.1) is 0 Å². The maximum atomic E-state index is 12.3. The van der Waals surface area contributed by atoms with Gasteiger partial charge in [-0.25, -0.2) is 0 Å². The first-order valence-corrected chi connectivity index (χ1v) is 9.45. The highest BCUT2D eigenvalue weighted by molar-refractivity contribution is 9.10. The van der Waals surface area contributed by atoms with Gasteiger partial charge in [-0.1, -0.05) is 46.3 Å². The molecule has 0 spiro atoms. The van der Waals surface area contributed by atoms with Crippen molar-refractivity contribution in [3.8, 4) is 0 Å². The van der Waals surface area contributed by atoms with Gasteiger partial charge in [-0.05, 0) is 61.0 Å². The number of nitrogens with zero attached hydrogens (tertiary/aromatic N) is 1. The number of para-hydroxylation sites is 1. The Morgan fingerprint density at radius 3 is 2.46 bits per heavy atom. The molecule has 0 amide bonds. The van der Waals surface area contributed by atoms with Crippen LogP contribution in [0.4, 0.5) is 0 Å². The first-order valence-electron chi connectivity index (χ1n) is 8.66. The second-order valence-electron chi connectivity index (χ2n) is 6.24. The number of benzene rings is 3. The predicted molar refractivity (Wildman–Crippen MR) is 113 cm³/mol. The van der Waals surface area contributed by atoms with E-state index in [1.54, 1.807) is 6.08 Å². The first-order chi connectivity index (χ1) is 12.7. The molecule has 0 saturated heterocycles.